The number of hydrogen-bond acceptors (Lipinski definition) is 7. The predicted octanol–water partition coefficient (Wildman–Crippen LogP) is 0.118. The number of sulfonamides is 2. The molecule has 1 aliphatic heterocycles. The van der Waals surface area contributed by atoms with Gasteiger partial charge < -0.3 is 14.8 Å². The zero-order valence-corrected chi connectivity index (χ0v) is 19.1. The number of carbonyl (C=O) groups is 1. The molecule has 30 heavy (non-hydrogen) atoms. The predicted molar refractivity (Wildman–Crippen MR) is 112 cm³/mol. The van der Waals surface area contributed by atoms with Gasteiger partial charge in [0.25, 0.3) is 5.91 Å². The fraction of sp³-hybridized carbons (Fsp3) is 0.611. The molecule has 1 aromatic rings. The lowest BCUT2D eigenvalue weighted by molar-refractivity contribution is 0.0729. The Morgan fingerprint density at radius 3 is 2.47 bits per heavy atom. The smallest absolute Gasteiger partial charge is 0.251 e. The number of hydrogen-bond donors (Lipinski definition) is 1. The molecule has 1 heterocycles. The molecule has 0 aromatic heterocycles. The monoisotopic (exact) mass is 463 g/mol. The highest BCUT2D eigenvalue weighted by atomic mass is 32.2. The van der Waals surface area contributed by atoms with Crippen LogP contribution in [-0.2, 0) is 24.8 Å². The Hall–Kier alpha value is -1.73. The molecule has 0 atom stereocenters. The van der Waals surface area contributed by atoms with Gasteiger partial charge in [-0.2, -0.15) is 4.31 Å². The zero-order valence-electron chi connectivity index (χ0n) is 17.5. The third-order valence-electron chi connectivity index (χ3n) is 4.71. The second kappa shape index (κ2) is 10.5. The molecule has 2 rings (SSSR count). The maximum absolute atomic E-state index is 13.0. The number of methoxy groups -OCH3 is 1. The van der Waals surface area contributed by atoms with E-state index in [4.69, 9.17) is 9.47 Å². The first-order valence-electron chi connectivity index (χ1n) is 9.60. The van der Waals surface area contributed by atoms with Crippen molar-refractivity contribution in [3.05, 3.63) is 23.8 Å². The van der Waals surface area contributed by atoms with Gasteiger partial charge in [0.2, 0.25) is 20.0 Å². The average molecular weight is 464 g/mol. The van der Waals surface area contributed by atoms with Crippen LogP contribution in [0.25, 0.3) is 0 Å². The molecule has 1 saturated heterocycles. The fourth-order valence-corrected chi connectivity index (χ4v) is 5.58. The highest BCUT2D eigenvalue weighted by molar-refractivity contribution is 7.89. The van der Waals surface area contributed by atoms with E-state index in [0.29, 0.717) is 26.2 Å². The number of benzene rings is 1. The minimum Gasteiger partial charge on any atom is -0.495 e. The topological polar surface area (TPSA) is 122 Å². The van der Waals surface area contributed by atoms with Gasteiger partial charge in [-0.1, -0.05) is 6.92 Å². The van der Waals surface area contributed by atoms with E-state index in [1.54, 1.807) is 6.92 Å². The van der Waals surface area contributed by atoms with Crippen LogP contribution in [0.2, 0.25) is 0 Å². The van der Waals surface area contributed by atoms with Crippen molar-refractivity contribution in [1.29, 1.82) is 0 Å². The number of nitrogens with zero attached hydrogens (tertiary/aromatic N) is 2. The van der Waals surface area contributed by atoms with Crippen molar-refractivity contribution in [3.63, 3.8) is 0 Å². The van der Waals surface area contributed by atoms with Gasteiger partial charge in [0.1, 0.15) is 10.6 Å². The first-order chi connectivity index (χ1) is 14.1. The van der Waals surface area contributed by atoms with Crippen LogP contribution in [0.4, 0.5) is 0 Å². The van der Waals surface area contributed by atoms with Crippen LogP contribution in [0, 0.1) is 0 Å². The van der Waals surface area contributed by atoms with E-state index in [9.17, 15) is 21.6 Å². The van der Waals surface area contributed by atoms with Gasteiger partial charge in [0.15, 0.2) is 0 Å². The van der Waals surface area contributed by atoms with Crippen LogP contribution in [0.1, 0.15) is 23.7 Å². The van der Waals surface area contributed by atoms with E-state index in [0.717, 1.165) is 6.26 Å². The number of ether oxygens (including phenoxy) is 2. The van der Waals surface area contributed by atoms with Crippen molar-refractivity contribution in [1.82, 2.24) is 13.9 Å². The van der Waals surface area contributed by atoms with Crippen molar-refractivity contribution in [2.24, 2.45) is 0 Å². The van der Waals surface area contributed by atoms with Crippen LogP contribution in [0.5, 0.6) is 5.75 Å². The molecule has 1 aliphatic rings. The van der Waals surface area contributed by atoms with Gasteiger partial charge in [-0.3, -0.25) is 4.79 Å². The zero-order chi connectivity index (χ0) is 22.4. The van der Waals surface area contributed by atoms with Gasteiger partial charge >= 0.3 is 0 Å². The van der Waals surface area contributed by atoms with Crippen LogP contribution < -0.4 is 10.1 Å². The number of amides is 1. The quantitative estimate of drug-likeness (QED) is 0.489. The summed E-state index contributed by atoms with van der Waals surface area (Å²) in [5.41, 5.74) is 0.179. The maximum atomic E-state index is 13.0. The first-order valence-corrected chi connectivity index (χ1v) is 12.9. The number of carbonyl (C=O) groups excluding carboxylic acids is 1. The normalized spacial score (nSPS) is 15.9. The molecule has 170 valence electrons. The van der Waals surface area contributed by atoms with E-state index < -0.39 is 26.0 Å². The van der Waals surface area contributed by atoms with Crippen molar-refractivity contribution in [3.8, 4) is 5.75 Å². The minimum absolute atomic E-state index is 0.0752. The van der Waals surface area contributed by atoms with E-state index in [2.05, 4.69) is 5.32 Å². The standard InChI is InChI=1S/C18H29N3O7S2/c1-4-20(29(3,23)24)9-5-8-19-18(22)15-6-7-16(27-2)17(14-15)30(25,26)21-10-12-28-13-11-21/h6-7,14H,4-5,8-13H2,1-3H3,(H,19,22). The van der Waals surface area contributed by atoms with Gasteiger partial charge in [-0.25, -0.2) is 21.1 Å². The van der Waals surface area contributed by atoms with Crippen molar-refractivity contribution >= 4 is 26.0 Å². The number of nitrogens with one attached hydrogen (secondary N) is 1. The summed E-state index contributed by atoms with van der Waals surface area (Å²) in [4.78, 5) is 12.4. The van der Waals surface area contributed by atoms with Gasteiger partial charge in [0.05, 0.1) is 26.6 Å². The SMILES string of the molecule is CCN(CCCNC(=O)c1ccc(OC)c(S(=O)(=O)N2CCOCC2)c1)S(C)(=O)=O. The Bertz CT molecular complexity index is 943. The van der Waals surface area contributed by atoms with E-state index >= 15 is 0 Å². The van der Waals surface area contributed by atoms with Crippen molar-refractivity contribution in [2.75, 3.05) is 59.3 Å². The van der Waals surface area contributed by atoms with Crippen LogP contribution in [0.15, 0.2) is 23.1 Å². The lowest BCUT2D eigenvalue weighted by atomic mass is 10.2. The maximum Gasteiger partial charge on any atom is 0.251 e. The molecule has 0 radical (unpaired) electrons. The van der Waals surface area contributed by atoms with Crippen molar-refractivity contribution in [2.45, 2.75) is 18.2 Å². The molecule has 10 nitrogen and oxygen atoms in total. The summed E-state index contributed by atoms with van der Waals surface area (Å²) in [7, 11) is -5.75. The average Bonchev–Trinajstić information content (AvgIpc) is 2.72. The lowest BCUT2D eigenvalue weighted by Gasteiger charge is -2.26. The molecule has 1 N–H and O–H groups in total. The largest absolute Gasteiger partial charge is 0.495 e. The minimum atomic E-state index is -3.84. The summed E-state index contributed by atoms with van der Waals surface area (Å²) < 4.78 is 62.2. The Morgan fingerprint density at radius 1 is 1.23 bits per heavy atom. The Kier molecular flexibility index (Phi) is 8.62. The molecule has 0 saturated carbocycles. The summed E-state index contributed by atoms with van der Waals surface area (Å²) in [5.74, 6) is -0.289. The first kappa shape index (κ1) is 24.5. The molecule has 0 bridgehead atoms. The Morgan fingerprint density at radius 2 is 1.90 bits per heavy atom. The lowest BCUT2D eigenvalue weighted by Crippen LogP contribution is -2.40. The van der Waals surface area contributed by atoms with Gasteiger partial charge in [-0.05, 0) is 24.6 Å². The highest BCUT2D eigenvalue weighted by Crippen LogP contribution is 2.28. The molecule has 0 unspecified atom stereocenters. The van der Waals surface area contributed by atoms with E-state index in [1.165, 1.54) is 33.9 Å². The molecular formula is C18H29N3O7S2. The van der Waals surface area contributed by atoms with E-state index in [1.807, 2.05) is 0 Å². The summed E-state index contributed by atoms with van der Waals surface area (Å²) in [6.45, 7) is 3.72. The van der Waals surface area contributed by atoms with Crippen LogP contribution in [0.3, 0.4) is 0 Å². The third kappa shape index (κ3) is 6.14. The van der Waals surface area contributed by atoms with E-state index in [-0.39, 0.29) is 42.4 Å². The molecule has 1 amide bonds. The third-order valence-corrected chi connectivity index (χ3v) is 8.00. The summed E-state index contributed by atoms with van der Waals surface area (Å²) >= 11 is 0. The van der Waals surface area contributed by atoms with Gasteiger partial charge in [0, 0.05) is 38.3 Å². The highest BCUT2D eigenvalue weighted by Gasteiger charge is 2.30. The van der Waals surface area contributed by atoms with Crippen LogP contribution in [-0.4, -0.2) is 90.7 Å². The number of morpholine rings is 1. The van der Waals surface area contributed by atoms with Crippen LogP contribution >= 0.6 is 0 Å². The summed E-state index contributed by atoms with van der Waals surface area (Å²) in [6.07, 6.45) is 1.57. The fourth-order valence-electron chi connectivity index (χ4n) is 3.06. The Balaban J connectivity index is 2.09. The van der Waals surface area contributed by atoms with Gasteiger partial charge in [-0.15, -0.1) is 0 Å². The molecule has 1 fully saturated rings. The summed E-state index contributed by atoms with van der Waals surface area (Å²) in [5, 5.41) is 2.70. The molecular weight excluding hydrogens is 434 g/mol. The molecule has 0 spiro atoms. The number of rotatable bonds is 10. The second-order valence-corrected chi connectivity index (χ2v) is 10.6. The van der Waals surface area contributed by atoms with Crippen molar-refractivity contribution < 1.29 is 31.1 Å². The molecule has 0 aliphatic carbocycles. The molecule has 12 heteroatoms. The molecule has 1 aromatic carbocycles. The Labute approximate surface area is 178 Å². The summed E-state index contributed by atoms with van der Waals surface area (Å²) in [6, 6.07) is 4.24. The second-order valence-electron chi connectivity index (χ2n) is 6.75.